The third kappa shape index (κ3) is 3.25. The fourth-order valence-corrected chi connectivity index (χ4v) is 2.35. The van der Waals surface area contributed by atoms with E-state index in [0.717, 1.165) is 12.8 Å². The third-order valence-corrected chi connectivity index (χ3v) is 3.18. The van der Waals surface area contributed by atoms with Gasteiger partial charge in [-0.1, -0.05) is 25.5 Å². The SMILES string of the molecule is CCC/C(=N\C(C)(C)C)c1ccc2ccn(C)c2c1. The smallest absolute Gasteiger partial charge is 0.0527 e. The summed E-state index contributed by atoms with van der Waals surface area (Å²) in [5.41, 5.74) is 3.73. The molecular weight excluding hydrogens is 232 g/mol. The molecule has 0 amide bonds. The number of fused-ring (bicyclic) bond motifs is 1. The predicted molar refractivity (Wildman–Crippen MR) is 84.1 cm³/mol. The molecular formula is C17H24N2. The predicted octanol–water partition coefficient (Wildman–Crippen LogP) is 4.57. The standard InChI is InChI=1S/C17H24N2/c1-6-7-15(18-17(2,3)4)14-9-8-13-10-11-19(5)16(13)12-14/h8-12H,6-7H2,1-5H3/b18-15+. The summed E-state index contributed by atoms with van der Waals surface area (Å²) in [6.45, 7) is 8.68. The number of aliphatic imine (C=N–C) groups is 1. The summed E-state index contributed by atoms with van der Waals surface area (Å²) < 4.78 is 2.17. The molecule has 0 unspecified atom stereocenters. The molecule has 2 heteroatoms. The lowest BCUT2D eigenvalue weighted by molar-refractivity contribution is 0.581. The fourth-order valence-electron chi connectivity index (χ4n) is 2.35. The van der Waals surface area contributed by atoms with Crippen molar-refractivity contribution in [3.63, 3.8) is 0 Å². The number of aromatic nitrogens is 1. The molecule has 0 fully saturated rings. The lowest BCUT2D eigenvalue weighted by Crippen LogP contribution is -2.15. The van der Waals surface area contributed by atoms with Gasteiger partial charge in [0.05, 0.1) is 5.54 Å². The van der Waals surface area contributed by atoms with Gasteiger partial charge in [-0.25, -0.2) is 0 Å². The molecule has 0 aliphatic rings. The van der Waals surface area contributed by atoms with Crippen LogP contribution in [-0.4, -0.2) is 15.8 Å². The molecule has 0 saturated carbocycles. The molecule has 19 heavy (non-hydrogen) atoms. The highest BCUT2D eigenvalue weighted by molar-refractivity contribution is 6.03. The number of benzene rings is 1. The maximum absolute atomic E-state index is 4.90. The molecule has 0 bridgehead atoms. The number of rotatable bonds is 3. The van der Waals surface area contributed by atoms with E-state index in [0.29, 0.717) is 0 Å². The molecule has 0 N–H and O–H groups in total. The van der Waals surface area contributed by atoms with E-state index in [4.69, 9.17) is 4.99 Å². The minimum atomic E-state index is -0.0202. The Hall–Kier alpha value is -1.57. The summed E-state index contributed by atoms with van der Waals surface area (Å²) in [7, 11) is 2.09. The summed E-state index contributed by atoms with van der Waals surface area (Å²) in [6.07, 6.45) is 4.27. The zero-order valence-electron chi connectivity index (χ0n) is 12.7. The summed E-state index contributed by atoms with van der Waals surface area (Å²) in [4.78, 5) is 4.90. The van der Waals surface area contributed by atoms with Crippen LogP contribution >= 0.6 is 0 Å². The van der Waals surface area contributed by atoms with Crippen LogP contribution in [0.15, 0.2) is 35.5 Å². The van der Waals surface area contributed by atoms with E-state index in [1.807, 2.05) is 0 Å². The second kappa shape index (κ2) is 5.20. The maximum atomic E-state index is 4.90. The van der Waals surface area contributed by atoms with Crippen LogP contribution in [0.2, 0.25) is 0 Å². The fraction of sp³-hybridized carbons (Fsp3) is 0.471. The van der Waals surface area contributed by atoms with Crippen LogP contribution in [0.5, 0.6) is 0 Å². The minimum Gasteiger partial charge on any atom is -0.351 e. The van der Waals surface area contributed by atoms with Crippen molar-refractivity contribution >= 4 is 16.6 Å². The molecule has 0 spiro atoms. The topological polar surface area (TPSA) is 17.3 Å². The Morgan fingerprint density at radius 3 is 2.58 bits per heavy atom. The van der Waals surface area contributed by atoms with Gasteiger partial charge in [-0.05, 0) is 50.3 Å². The van der Waals surface area contributed by atoms with Gasteiger partial charge in [-0.3, -0.25) is 4.99 Å². The number of hydrogen-bond donors (Lipinski definition) is 0. The van der Waals surface area contributed by atoms with Gasteiger partial charge in [-0.15, -0.1) is 0 Å². The van der Waals surface area contributed by atoms with E-state index in [-0.39, 0.29) is 5.54 Å². The summed E-state index contributed by atoms with van der Waals surface area (Å²) in [5.74, 6) is 0. The first kappa shape index (κ1) is 13.9. The van der Waals surface area contributed by atoms with E-state index in [1.54, 1.807) is 0 Å². The Bertz CT molecular complexity index is 597. The Balaban J connectivity index is 2.50. The van der Waals surface area contributed by atoms with Crippen LogP contribution in [0.25, 0.3) is 10.9 Å². The molecule has 102 valence electrons. The van der Waals surface area contributed by atoms with Crippen LogP contribution < -0.4 is 0 Å². The molecule has 1 heterocycles. The monoisotopic (exact) mass is 256 g/mol. The van der Waals surface area contributed by atoms with Gasteiger partial charge in [0.1, 0.15) is 0 Å². The zero-order chi connectivity index (χ0) is 14.0. The number of nitrogens with zero attached hydrogens (tertiary/aromatic N) is 2. The van der Waals surface area contributed by atoms with Gasteiger partial charge in [0.15, 0.2) is 0 Å². The summed E-state index contributed by atoms with van der Waals surface area (Å²) in [5, 5.41) is 1.29. The van der Waals surface area contributed by atoms with Gasteiger partial charge in [0, 0.05) is 24.5 Å². The van der Waals surface area contributed by atoms with Gasteiger partial charge in [-0.2, -0.15) is 0 Å². The van der Waals surface area contributed by atoms with Crippen LogP contribution in [0, 0.1) is 0 Å². The number of hydrogen-bond acceptors (Lipinski definition) is 1. The Morgan fingerprint density at radius 1 is 1.21 bits per heavy atom. The van der Waals surface area contributed by atoms with Crippen molar-refractivity contribution < 1.29 is 0 Å². The van der Waals surface area contributed by atoms with E-state index in [9.17, 15) is 0 Å². The second-order valence-corrected chi connectivity index (χ2v) is 6.18. The van der Waals surface area contributed by atoms with Crippen LogP contribution in [0.3, 0.4) is 0 Å². The first-order valence-electron chi connectivity index (χ1n) is 7.05. The third-order valence-electron chi connectivity index (χ3n) is 3.18. The van der Waals surface area contributed by atoms with Crippen LogP contribution in [0.1, 0.15) is 46.1 Å². The van der Waals surface area contributed by atoms with E-state index in [1.165, 1.54) is 22.2 Å². The average molecular weight is 256 g/mol. The maximum Gasteiger partial charge on any atom is 0.0527 e. The van der Waals surface area contributed by atoms with Crippen molar-refractivity contribution in [3.05, 3.63) is 36.0 Å². The average Bonchev–Trinajstić information content (AvgIpc) is 2.69. The molecule has 0 saturated heterocycles. The largest absolute Gasteiger partial charge is 0.351 e. The van der Waals surface area contributed by atoms with Crippen molar-refractivity contribution in [2.45, 2.75) is 46.1 Å². The molecule has 2 nitrogen and oxygen atoms in total. The first-order valence-corrected chi connectivity index (χ1v) is 7.05. The molecule has 0 aliphatic heterocycles. The molecule has 2 aromatic rings. The highest BCUT2D eigenvalue weighted by Gasteiger charge is 2.12. The van der Waals surface area contributed by atoms with Crippen molar-refractivity contribution in [2.75, 3.05) is 0 Å². The second-order valence-electron chi connectivity index (χ2n) is 6.18. The quantitative estimate of drug-likeness (QED) is 0.716. The molecule has 1 aromatic carbocycles. The van der Waals surface area contributed by atoms with E-state index >= 15 is 0 Å². The van der Waals surface area contributed by atoms with E-state index in [2.05, 4.69) is 69.8 Å². The van der Waals surface area contributed by atoms with Crippen LogP contribution in [0.4, 0.5) is 0 Å². The Morgan fingerprint density at radius 2 is 1.95 bits per heavy atom. The summed E-state index contributed by atoms with van der Waals surface area (Å²) in [6, 6.07) is 8.80. The number of aryl methyl sites for hydroxylation is 1. The lowest BCUT2D eigenvalue weighted by Gasteiger charge is -2.16. The van der Waals surface area contributed by atoms with Crippen molar-refractivity contribution in [1.29, 1.82) is 0 Å². The molecule has 2 rings (SSSR count). The molecule has 0 radical (unpaired) electrons. The Kier molecular flexibility index (Phi) is 3.79. The lowest BCUT2D eigenvalue weighted by atomic mass is 10.0. The summed E-state index contributed by atoms with van der Waals surface area (Å²) >= 11 is 0. The molecule has 0 atom stereocenters. The highest BCUT2D eigenvalue weighted by atomic mass is 14.9. The van der Waals surface area contributed by atoms with Gasteiger partial charge >= 0.3 is 0 Å². The Labute approximate surface area is 116 Å². The minimum absolute atomic E-state index is 0.0202. The van der Waals surface area contributed by atoms with Gasteiger partial charge in [0.25, 0.3) is 0 Å². The normalized spacial score (nSPS) is 13.2. The molecule has 1 aromatic heterocycles. The van der Waals surface area contributed by atoms with Crippen molar-refractivity contribution in [3.8, 4) is 0 Å². The van der Waals surface area contributed by atoms with Crippen LogP contribution in [-0.2, 0) is 7.05 Å². The van der Waals surface area contributed by atoms with E-state index < -0.39 is 0 Å². The zero-order valence-corrected chi connectivity index (χ0v) is 12.7. The van der Waals surface area contributed by atoms with Gasteiger partial charge in [0.2, 0.25) is 0 Å². The molecule has 0 aliphatic carbocycles. The van der Waals surface area contributed by atoms with Crippen molar-refractivity contribution in [2.24, 2.45) is 12.0 Å². The first-order chi connectivity index (χ1) is 8.90. The van der Waals surface area contributed by atoms with Crippen molar-refractivity contribution in [1.82, 2.24) is 4.57 Å². The van der Waals surface area contributed by atoms with Gasteiger partial charge < -0.3 is 4.57 Å². The highest BCUT2D eigenvalue weighted by Crippen LogP contribution is 2.20.